The highest BCUT2D eigenvalue weighted by atomic mass is 32.1. The van der Waals surface area contributed by atoms with Crippen LogP contribution in [-0.4, -0.2) is 17.0 Å². The fourth-order valence-corrected chi connectivity index (χ4v) is 2.36. The summed E-state index contributed by atoms with van der Waals surface area (Å²) in [5, 5.41) is 11.9. The van der Waals surface area contributed by atoms with Crippen LogP contribution in [0.25, 0.3) is 5.57 Å². The zero-order chi connectivity index (χ0) is 13.0. The molecule has 0 bridgehead atoms. The van der Waals surface area contributed by atoms with Gasteiger partial charge in [-0.15, -0.1) is 11.3 Å². The Kier molecular flexibility index (Phi) is 4.07. The molecule has 1 aromatic carbocycles. The van der Waals surface area contributed by atoms with E-state index in [0.29, 0.717) is 10.5 Å². The number of hydrogen-bond donors (Lipinski definition) is 1. The van der Waals surface area contributed by atoms with Gasteiger partial charge < -0.3 is 5.11 Å². The summed E-state index contributed by atoms with van der Waals surface area (Å²) < 4.78 is 0. The largest absolute Gasteiger partial charge is 0.388 e. The van der Waals surface area contributed by atoms with E-state index in [1.807, 2.05) is 41.8 Å². The molecule has 1 aromatic heterocycles. The molecule has 1 atom stereocenters. The normalized spacial score (nSPS) is 12.1. The minimum atomic E-state index is -0.831. The van der Waals surface area contributed by atoms with Crippen molar-refractivity contribution in [1.29, 1.82) is 0 Å². The van der Waals surface area contributed by atoms with E-state index in [4.69, 9.17) is 0 Å². The van der Waals surface area contributed by atoms with E-state index in [2.05, 4.69) is 6.58 Å². The third kappa shape index (κ3) is 2.94. The molecule has 0 aliphatic carbocycles. The molecule has 92 valence electrons. The molecule has 0 fully saturated rings. The first kappa shape index (κ1) is 12.7. The number of aliphatic hydroxyl groups excluding tert-OH is 1. The van der Waals surface area contributed by atoms with E-state index in [1.165, 1.54) is 11.3 Å². The van der Waals surface area contributed by atoms with Crippen LogP contribution in [0.2, 0.25) is 0 Å². The summed E-state index contributed by atoms with van der Waals surface area (Å²) in [6.45, 7) is 3.86. The van der Waals surface area contributed by atoms with Crippen molar-refractivity contribution in [2.75, 3.05) is 0 Å². The molecule has 0 amide bonds. The lowest BCUT2D eigenvalue weighted by atomic mass is 9.98. The van der Waals surface area contributed by atoms with Crippen LogP contribution in [0.15, 0.2) is 54.4 Å². The van der Waals surface area contributed by atoms with E-state index in [1.54, 1.807) is 6.07 Å². The van der Waals surface area contributed by atoms with Gasteiger partial charge in [0.15, 0.2) is 5.78 Å². The third-order valence-corrected chi connectivity index (χ3v) is 3.63. The number of hydrogen-bond acceptors (Lipinski definition) is 3. The summed E-state index contributed by atoms with van der Waals surface area (Å²) in [7, 11) is 0. The first-order valence-electron chi connectivity index (χ1n) is 5.67. The number of thiophene rings is 1. The predicted octanol–water partition coefficient (Wildman–Crippen LogP) is 3.40. The second-order valence-corrected chi connectivity index (χ2v) is 4.96. The lowest BCUT2D eigenvalue weighted by molar-refractivity contribution is 0.0932. The van der Waals surface area contributed by atoms with Crippen molar-refractivity contribution in [3.8, 4) is 0 Å². The van der Waals surface area contributed by atoms with Crippen molar-refractivity contribution in [3.05, 3.63) is 64.9 Å². The van der Waals surface area contributed by atoms with Crippen molar-refractivity contribution in [2.24, 2.45) is 0 Å². The summed E-state index contributed by atoms with van der Waals surface area (Å²) in [6, 6.07) is 13.0. The van der Waals surface area contributed by atoms with Crippen LogP contribution in [0.5, 0.6) is 0 Å². The molecule has 0 saturated heterocycles. The number of aliphatic hydroxyl groups is 1. The fraction of sp³-hybridized carbons (Fsp3) is 0.133. The molecule has 2 rings (SSSR count). The van der Waals surface area contributed by atoms with Gasteiger partial charge in [0.25, 0.3) is 0 Å². The Balaban J connectivity index is 2.02. The molecule has 0 spiro atoms. The van der Waals surface area contributed by atoms with Gasteiger partial charge in [-0.1, -0.05) is 43.0 Å². The van der Waals surface area contributed by atoms with Gasteiger partial charge in [0.05, 0.1) is 11.0 Å². The monoisotopic (exact) mass is 258 g/mol. The Labute approximate surface area is 110 Å². The SMILES string of the molecule is C=C(c1ccccc1)C(O)CC(=O)c1cccs1. The van der Waals surface area contributed by atoms with Crippen molar-refractivity contribution < 1.29 is 9.90 Å². The average Bonchev–Trinajstić information content (AvgIpc) is 2.92. The maximum absolute atomic E-state index is 11.9. The van der Waals surface area contributed by atoms with E-state index >= 15 is 0 Å². The smallest absolute Gasteiger partial charge is 0.175 e. The molecular formula is C15H14O2S. The minimum Gasteiger partial charge on any atom is -0.388 e. The summed E-state index contributed by atoms with van der Waals surface area (Å²) in [5.74, 6) is -0.0467. The first-order valence-corrected chi connectivity index (χ1v) is 6.55. The van der Waals surface area contributed by atoms with E-state index in [-0.39, 0.29) is 12.2 Å². The molecule has 0 aliphatic rings. The molecule has 0 saturated carbocycles. The predicted molar refractivity (Wildman–Crippen MR) is 74.7 cm³/mol. The Morgan fingerprint density at radius 1 is 1.22 bits per heavy atom. The topological polar surface area (TPSA) is 37.3 Å². The highest BCUT2D eigenvalue weighted by Gasteiger charge is 2.16. The molecule has 1 unspecified atom stereocenters. The number of carbonyl (C=O) groups is 1. The van der Waals surface area contributed by atoms with Crippen LogP contribution in [0.1, 0.15) is 21.7 Å². The summed E-state index contributed by atoms with van der Waals surface area (Å²) >= 11 is 1.39. The van der Waals surface area contributed by atoms with E-state index < -0.39 is 6.10 Å². The van der Waals surface area contributed by atoms with Crippen LogP contribution in [-0.2, 0) is 0 Å². The van der Waals surface area contributed by atoms with Gasteiger partial charge in [0, 0.05) is 6.42 Å². The lowest BCUT2D eigenvalue weighted by Gasteiger charge is -2.12. The molecule has 2 aromatic rings. The zero-order valence-electron chi connectivity index (χ0n) is 9.87. The standard InChI is InChI=1S/C15H14O2S/c1-11(12-6-3-2-4-7-12)13(16)10-14(17)15-8-5-9-18-15/h2-9,13,16H,1,10H2. The number of benzene rings is 1. The number of rotatable bonds is 5. The van der Waals surface area contributed by atoms with Crippen LogP contribution < -0.4 is 0 Å². The second kappa shape index (κ2) is 5.76. The van der Waals surface area contributed by atoms with Gasteiger partial charge in [-0.3, -0.25) is 4.79 Å². The fourth-order valence-electron chi connectivity index (χ4n) is 1.68. The maximum atomic E-state index is 11.9. The van der Waals surface area contributed by atoms with Crippen LogP contribution >= 0.6 is 11.3 Å². The van der Waals surface area contributed by atoms with Gasteiger partial charge in [0.2, 0.25) is 0 Å². The summed E-state index contributed by atoms with van der Waals surface area (Å²) in [4.78, 5) is 12.5. The molecule has 1 heterocycles. The molecule has 0 radical (unpaired) electrons. The molecule has 3 heteroatoms. The molecule has 2 nitrogen and oxygen atoms in total. The number of Topliss-reactive ketones (excluding diaryl/α,β-unsaturated/α-hetero) is 1. The highest BCUT2D eigenvalue weighted by molar-refractivity contribution is 7.12. The number of carbonyl (C=O) groups excluding carboxylic acids is 1. The van der Waals surface area contributed by atoms with Gasteiger partial charge in [0.1, 0.15) is 0 Å². The van der Waals surface area contributed by atoms with Gasteiger partial charge in [-0.2, -0.15) is 0 Å². The van der Waals surface area contributed by atoms with E-state index in [9.17, 15) is 9.90 Å². The zero-order valence-corrected chi connectivity index (χ0v) is 10.7. The molecule has 0 aliphatic heterocycles. The van der Waals surface area contributed by atoms with Crippen LogP contribution in [0.4, 0.5) is 0 Å². The van der Waals surface area contributed by atoms with Crippen LogP contribution in [0, 0.1) is 0 Å². The van der Waals surface area contributed by atoms with Crippen molar-refractivity contribution in [2.45, 2.75) is 12.5 Å². The maximum Gasteiger partial charge on any atom is 0.175 e. The summed E-state index contributed by atoms with van der Waals surface area (Å²) in [6.07, 6.45) is -0.754. The van der Waals surface area contributed by atoms with Gasteiger partial charge in [-0.25, -0.2) is 0 Å². The van der Waals surface area contributed by atoms with Crippen molar-refractivity contribution >= 4 is 22.7 Å². The van der Waals surface area contributed by atoms with Gasteiger partial charge in [-0.05, 0) is 22.6 Å². The summed E-state index contributed by atoms with van der Waals surface area (Å²) in [5.41, 5.74) is 1.45. The average molecular weight is 258 g/mol. The second-order valence-electron chi connectivity index (χ2n) is 4.01. The Morgan fingerprint density at radius 2 is 1.94 bits per heavy atom. The minimum absolute atomic E-state index is 0.0467. The third-order valence-electron chi connectivity index (χ3n) is 2.72. The van der Waals surface area contributed by atoms with Crippen molar-refractivity contribution in [1.82, 2.24) is 0 Å². The Bertz CT molecular complexity index is 529. The quantitative estimate of drug-likeness (QED) is 0.835. The van der Waals surface area contributed by atoms with Crippen LogP contribution in [0.3, 0.4) is 0 Å². The van der Waals surface area contributed by atoms with E-state index in [0.717, 1.165) is 5.56 Å². The molecule has 1 N–H and O–H groups in total. The highest BCUT2D eigenvalue weighted by Crippen LogP contribution is 2.21. The number of ketones is 1. The molecule has 18 heavy (non-hydrogen) atoms. The first-order chi connectivity index (χ1) is 8.68. The lowest BCUT2D eigenvalue weighted by Crippen LogP contribution is -2.14. The molecular weight excluding hydrogens is 244 g/mol. The van der Waals surface area contributed by atoms with Gasteiger partial charge >= 0.3 is 0 Å². The van der Waals surface area contributed by atoms with Crippen molar-refractivity contribution in [3.63, 3.8) is 0 Å². The Morgan fingerprint density at radius 3 is 2.56 bits per heavy atom. The Hall–Kier alpha value is -1.71.